The summed E-state index contributed by atoms with van der Waals surface area (Å²) >= 11 is 9.56. The lowest BCUT2D eigenvalue weighted by atomic mass is 10.1. The first kappa shape index (κ1) is 16.1. The van der Waals surface area contributed by atoms with Crippen molar-refractivity contribution in [3.8, 4) is 11.5 Å². The van der Waals surface area contributed by atoms with E-state index >= 15 is 0 Å². The van der Waals surface area contributed by atoms with Crippen molar-refractivity contribution in [1.29, 1.82) is 0 Å². The minimum atomic E-state index is -0.0432. The zero-order valence-electron chi connectivity index (χ0n) is 12.3. The lowest BCUT2D eigenvalue weighted by Gasteiger charge is -2.20. The number of hydrogen-bond donors (Lipinski definition) is 1. The zero-order valence-corrected chi connectivity index (χ0v) is 14.6. The topological polar surface area (TPSA) is 47.6 Å². The molecule has 0 unspecified atom stereocenters. The molecule has 0 atom stereocenters. The molecule has 4 nitrogen and oxygen atoms in total. The van der Waals surface area contributed by atoms with Crippen LogP contribution in [0.3, 0.4) is 0 Å². The van der Waals surface area contributed by atoms with E-state index in [0.29, 0.717) is 42.7 Å². The summed E-state index contributed by atoms with van der Waals surface area (Å²) in [5.41, 5.74) is 1.84. The van der Waals surface area contributed by atoms with Gasteiger partial charge in [0.15, 0.2) is 11.5 Å². The van der Waals surface area contributed by atoms with Crippen molar-refractivity contribution in [2.75, 3.05) is 13.2 Å². The number of carbonyl (C=O) groups excluding carboxylic acids is 1. The Morgan fingerprint density at radius 1 is 1.13 bits per heavy atom. The van der Waals surface area contributed by atoms with Crippen LogP contribution in [0.1, 0.15) is 11.1 Å². The van der Waals surface area contributed by atoms with Crippen LogP contribution in [0.15, 0.2) is 40.9 Å². The highest BCUT2D eigenvalue weighted by atomic mass is 79.9. The highest BCUT2D eigenvalue weighted by Crippen LogP contribution is 2.38. The van der Waals surface area contributed by atoms with E-state index in [1.165, 1.54) is 0 Å². The van der Waals surface area contributed by atoms with E-state index < -0.39 is 0 Å². The van der Waals surface area contributed by atoms with Gasteiger partial charge in [-0.2, -0.15) is 0 Å². The van der Waals surface area contributed by atoms with Gasteiger partial charge < -0.3 is 14.8 Å². The van der Waals surface area contributed by atoms with Crippen molar-refractivity contribution < 1.29 is 14.3 Å². The molecule has 0 spiro atoms. The summed E-state index contributed by atoms with van der Waals surface area (Å²) in [7, 11) is 0. The van der Waals surface area contributed by atoms with Crippen LogP contribution >= 0.6 is 27.5 Å². The van der Waals surface area contributed by atoms with Crippen molar-refractivity contribution in [2.45, 2.75) is 13.0 Å². The van der Waals surface area contributed by atoms with Gasteiger partial charge >= 0.3 is 0 Å². The normalized spacial score (nSPS) is 12.8. The standard InChI is InChI=1S/C17H15BrClNO3/c18-13-3-1-11(2-4-13)9-16(21)20-10-12-7-14(19)17-15(8-12)22-5-6-23-17/h1-4,7-8H,5-6,9-10H2,(H,20,21). The van der Waals surface area contributed by atoms with Crippen LogP contribution in [0.2, 0.25) is 5.02 Å². The quantitative estimate of drug-likeness (QED) is 0.856. The zero-order chi connectivity index (χ0) is 16.2. The maximum absolute atomic E-state index is 12.0. The molecule has 1 amide bonds. The third-order valence-electron chi connectivity index (χ3n) is 3.42. The first-order chi connectivity index (χ1) is 11.1. The molecule has 0 saturated heterocycles. The van der Waals surface area contributed by atoms with Gasteiger partial charge in [-0.15, -0.1) is 0 Å². The van der Waals surface area contributed by atoms with E-state index in [-0.39, 0.29) is 5.91 Å². The van der Waals surface area contributed by atoms with Crippen LogP contribution in [0, 0.1) is 0 Å². The Hall–Kier alpha value is -1.72. The summed E-state index contributed by atoms with van der Waals surface area (Å²) in [5, 5.41) is 3.39. The Morgan fingerprint density at radius 2 is 1.87 bits per heavy atom. The Balaban J connectivity index is 1.60. The maximum atomic E-state index is 12.0. The van der Waals surface area contributed by atoms with Crippen LogP contribution in [-0.4, -0.2) is 19.1 Å². The van der Waals surface area contributed by atoms with Crippen LogP contribution < -0.4 is 14.8 Å². The molecule has 0 fully saturated rings. The van der Waals surface area contributed by atoms with E-state index in [4.69, 9.17) is 21.1 Å². The van der Waals surface area contributed by atoms with Crippen LogP contribution in [0.25, 0.3) is 0 Å². The molecule has 120 valence electrons. The van der Waals surface area contributed by atoms with Crippen molar-refractivity contribution in [3.05, 3.63) is 57.0 Å². The van der Waals surface area contributed by atoms with E-state index in [9.17, 15) is 4.79 Å². The minimum Gasteiger partial charge on any atom is -0.486 e. The van der Waals surface area contributed by atoms with Gasteiger partial charge in [0.05, 0.1) is 11.4 Å². The first-order valence-corrected chi connectivity index (χ1v) is 8.38. The van der Waals surface area contributed by atoms with Gasteiger partial charge in [0.1, 0.15) is 13.2 Å². The number of ether oxygens (including phenoxy) is 2. The molecule has 2 aromatic rings. The monoisotopic (exact) mass is 395 g/mol. The van der Waals surface area contributed by atoms with Crippen molar-refractivity contribution in [2.24, 2.45) is 0 Å². The molecule has 1 aliphatic rings. The van der Waals surface area contributed by atoms with Gasteiger partial charge in [0.25, 0.3) is 0 Å². The number of hydrogen-bond acceptors (Lipinski definition) is 3. The molecule has 0 radical (unpaired) electrons. The molecule has 3 rings (SSSR count). The third kappa shape index (κ3) is 4.18. The average Bonchev–Trinajstić information content (AvgIpc) is 2.55. The van der Waals surface area contributed by atoms with E-state index in [1.807, 2.05) is 30.3 Å². The second-order valence-corrected chi connectivity index (χ2v) is 6.50. The number of benzene rings is 2. The van der Waals surface area contributed by atoms with Crippen molar-refractivity contribution in [1.82, 2.24) is 5.32 Å². The number of carbonyl (C=O) groups is 1. The number of amides is 1. The summed E-state index contributed by atoms with van der Waals surface area (Å²) in [4.78, 5) is 12.0. The van der Waals surface area contributed by atoms with Crippen LogP contribution in [0.5, 0.6) is 11.5 Å². The van der Waals surface area contributed by atoms with Crippen molar-refractivity contribution >= 4 is 33.4 Å². The van der Waals surface area contributed by atoms with Crippen molar-refractivity contribution in [3.63, 3.8) is 0 Å². The highest BCUT2D eigenvalue weighted by Gasteiger charge is 2.16. The molecule has 23 heavy (non-hydrogen) atoms. The highest BCUT2D eigenvalue weighted by molar-refractivity contribution is 9.10. The lowest BCUT2D eigenvalue weighted by Crippen LogP contribution is -2.24. The van der Waals surface area contributed by atoms with E-state index in [0.717, 1.165) is 15.6 Å². The first-order valence-electron chi connectivity index (χ1n) is 7.21. The maximum Gasteiger partial charge on any atom is 0.224 e. The minimum absolute atomic E-state index is 0.0432. The molecule has 0 bridgehead atoms. The predicted octanol–water partition coefficient (Wildman–Crippen LogP) is 3.73. The molecular weight excluding hydrogens is 382 g/mol. The van der Waals surface area contributed by atoms with Gasteiger partial charge in [-0.3, -0.25) is 4.79 Å². The number of rotatable bonds is 4. The molecule has 1 N–H and O–H groups in total. The Bertz CT molecular complexity index is 719. The third-order valence-corrected chi connectivity index (χ3v) is 4.23. The second kappa shape index (κ2) is 7.23. The molecule has 0 saturated carbocycles. The lowest BCUT2D eigenvalue weighted by molar-refractivity contribution is -0.120. The molecule has 6 heteroatoms. The Labute approximate surface area is 147 Å². The van der Waals surface area contributed by atoms with E-state index in [1.54, 1.807) is 6.07 Å². The molecule has 0 aromatic heterocycles. The molecule has 2 aromatic carbocycles. The SMILES string of the molecule is O=C(Cc1ccc(Br)cc1)NCc1cc(Cl)c2c(c1)OCCO2. The summed E-state index contributed by atoms with van der Waals surface area (Å²) in [6.45, 7) is 1.39. The second-order valence-electron chi connectivity index (χ2n) is 5.18. The van der Waals surface area contributed by atoms with Crippen LogP contribution in [-0.2, 0) is 17.8 Å². The fourth-order valence-corrected chi connectivity index (χ4v) is 2.87. The van der Waals surface area contributed by atoms with Crippen LogP contribution in [0.4, 0.5) is 0 Å². The fraction of sp³-hybridized carbons (Fsp3) is 0.235. The average molecular weight is 397 g/mol. The number of fused-ring (bicyclic) bond motifs is 1. The summed E-state index contributed by atoms with van der Waals surface area (Å²) < 4.78 is 12.0. The summed E-state index contributed by atoms with van der Waals surface area (Å²) in [5.74, 6) is 1.15. The largest absolute Gasteiger partial charge is 0.486 e. The predicted molar refractivity (Wildman–Crippen MR) is 92.1 cm³/mol. The van der Waals surface area contributed by atoms with Gasteiger partial charge in [-0.25, -0.2) is 0 Å². The van der Waals surface area contributed by atoms with Gasteiger partial charge in [0, 0.05) is 11.0 Å². The summed E-state index contributed by atoms with van der Waals surface area (Å²) in [6.07, 6.45) is 0.339. The molecular formula is C17H15BrClNO3. The number of nitrogens with one attached hydrogen (secondary N) is 1. The van der Waals surface area contributed by atoms with Gasteiger partial charge in [-0.1, -0.05) is 39.7 Å². The van der Waals surface area contributed by atoms with E-state index in [2.05, 4.69) is 21.2 Å². The van der Waals surface area contributed by atoms with Gasteiger partial charge in [-0.05, 0) is 35.4 Å². The molecule has 1 heterocycles. The Kier molecular flexibility index (Phi) is 5.08. The Morgan fingerprint density at radius 3 is 2.65 bits per heavy atom. The number of halogens is 2. The molecule has 1 aliphatic heterocycles. The fourth-order valence-electron chi connectivity index (χ4n) is 2.32. The molecule has 0 aliphatic carbocycles. The summed E-state index contributed by atoms with van der Waals surface area (Å²) in [6, 6.07) is 11.3. The smallest absolute Gasteiger partial charge is 0.224 e. The van der Waals surface area contributed by atoms with Gasteiger partial charge in [0.2, 0.25) is 5.91 Å².